The van der Waals surface area contributed by atoms with Gasteiger partial charge < -0.3 is 4.90 Å². The molecule has 134 valence electrons. The lowest BCUT2D eigenvalue weighted by atomic mass is 9.97. The van der Waals surface area contributed by atoms with E-state index in [9.17, 15) is 9.59 Å². The Hall–Kier alpha value is -1.69. The fourth-order valence-electron chi connectivity index (χ4n) is 4.43. The molecule has 0 aromatic carbocycles. The van der Waals surface area contributed by atoms with Gasteiger partial charge in [0, 0.05) is 17.0 Å². The van der Waals surface area contributed by atoms with E-state index in [-0.39, 0.29) is 30.1 Å². The van der Waals surface area contributed by atoms with Gasteiger partial charge in [-0.1, -0.05) is 0 Å². The monoisotopic (exact) mass is 359 g/mol. The van der Waals surface area contributed by atoms with Crippen LogP contribution in [0.5, 0.6) is 0 Å². The first-order chi connectivity index (χ1) is 12.1. The Bertz CT molecular complexity index is 859. The number of hydrogen-bond donors (Lipinski definition) is 0. The van der Waals surface area contributed by atoms with Gasteiger partial charge in [-0.3, -0.25) is 14.2 Å². The molecule has 25 heavy (non-hydrogen) atoms. The number of likely N-dealkylation sites (tertiary alicyclic amines) is 1. The Kier molecular flexibility index (Phi) is 4.40. The number of nitrogens with zero attached hydrogens (tertiary/aromatic N) is 3. The van der Waals surface area contributed by atoms with Crippen molar-refractivity contribution in [2.75, 3.05) is 0 Å². The van der Waals surface area contributed by atoms with E-state index in [2.05, 4.69) is 18.8 Å². The molecule has 0 spiro atoms. The maximum absolute atomic E-state index is 13.0. The Morgan fingerprint density at radius 2 is 1.92 bits per heavy atom. The zero-order valence-electron chi connectivity index (χ0n) is 15.0. The van der Waals surface area contributed by atoms with Gasteiger partial charge in [0.05, 0.1) is 11.7 Å². The molecule has 0 saturated carbocycles. The summed E-state index contributed by atoms with van der Waals surface area (Å²) in [6, 6.07) is 0.495. The topological polar surface area (TPSA) is 55.2 Å². The fraction of sp³-hybridized carbons (Fsp3) is 0.632. The van der Waals surface area contributed by atoms with Gasteiger partial charge in [-0.2, -0.15) is 0 Å². The van der Waals surface area contributed by atoms with Crippen LogP contribution in [0.2, 0.25) is 0 Å². The number of thiophene rings is 1. The first-order valence-electron chi connectivity index (χ1n) is 9.37. The predicted octanol–water partition coefficient (Wildman–Crippen LogP) is 3.13. The summed E-state index contributed by atoms with van der Waals surface area (Å²) in [5.41, 5.74) is 1.14. The number of fused-ring (bicyclic) bond motifs is 3. The van der Waals surface area contributed by atoms with Crippen LogP contribution < -0.4 is 5.56 Å². The molecule has 0 radical (unpaired) electrons. The third kappa shape index (κ3) is 2.90. The molecule has 1 amide bonds. The SMILES string of the molecule is C[C@H]1CCC[C@H](C)N1C(=O)Cn1cnc2sc3c(c2c1=O)CCCC3. The second-order valence-electron chi connectivity index (χ2n) is 7.50. The summed E-state index contributed by atoms with van der Waals surface area (Å²) in [4.78, 5) is 34.4. The number of aromatic nitrogens is 2. The summed E-state index contributed by atoms with van der Waals surface area (Å²) in [6.07, 6.45) is 9.15. The molecule has 5 nitrogen and oxygen atoms in total. The highest BCUT2D eigenvalue weighted by atomic mass is 32.1. The third-order valence-corrected chi connectivity index (χ3v) is 6.93. The second kappa shape index (κ2) is 6.56. The average Bonchev–Trinajstić information content (AvgIpc) is 2.96. The standard InChI is InChI=1S/C19H25N3O2S/c1-12-6-5-7-13(2)22(12)16(23)10-21-11-20-18-17(19(21)24)14-8-3-4-9-15(14)25-18/h11-13H,3-10H2,1-2H3/t12-,13-/m0/s1. The lowest BCUT2D eigenvalue weighted by Crippen LogP contribution is -2.49. The molecule has 4 rings (SSSR count). The fourth-order valence-corrected chi connectivity index (χ4v) is 5.65. The van der Waals surface area contributed by atoms with Crippen molar-refractivity contribution in [2.24, 2.45) is 0 Å². The first-order valence-corrected chi connectivity index (χ1v) is 10.2. The molecule has 1 aliphatic carbocycles. The van der Waals surface area contributed by atoms with Crippen LogP contribution >= 0.6 is 11.3 Å². The zero-order valence-corrected chi connectivity index (χ0v) is 15.8. The van der Waals surface area contributed by atoms with Crippen LogP contribution in [0.25, 0.3) is 10.2 Å². The first kappa shape index (κ1) is 16.8. The molecule has 1 fully saturated rings. The average molecular weight is 359 g/mol. The lowest BCUT2D eigenvalue weighted by molar-refractivity contribution is -0.138. The van der Waals surface area contributed by atoms with Crippen LogP contribution in [0.15, 0.2) is 11.1 Å². The number of piperidine rings is 1. The van der Waals surface area contributed by atoms with E-state index in [1.54, 1.807) is 17.7 Å². The van der Waals surface area contributed by atoms with Crippen LogP contribution in [0.3, 0.4) is 0 Å². The highest BCUT2D eigenvalue weighted by molar-refractivity contribution is 7.18. The van der Waals surface area contributed by atoms with Crippen LogP contribution in [0.4, 0.5) is 0 Å². The Morgan fingerprint density at radius 1 is 1.20 bits per heavy atom. The summed E-state index contributed by atoms with van der Waals surface area (Å²) < 4.78 is 1.51. The van der Waals surface area contributed by atoms with Gasteiger partial charge in [0.25, 0.3) is 5.56 Å². The minimum Gasteiger partial charge on any atom is -0.336 e. The summed E-state index contributed by atoms with van der Waals surface area (Å²) in [6.45, 7) is 4.31. The van der Waals surface area contributed by atoms with Crippen LogP contribution in [-0.4, -0.2) is 32.4 Å². The number of aryl methyl sites for hydroxylation is 2. The quantitative estimate of drug-likeness (QED) is 0.828. The van der Waals surface area contributed by atoms with Gasteiger partial charge in [-0.15, -0.1) is 11.3 Å². The molecule has 3 heterocycles. The minimum absolute atomic E-state index is 0.0343. The van der Waals surface area contributed by atoms with E-state index in [1.165, 1.54) is 27.8 Å². The van der Waals surface area contributed by atoms with Gasteiger partial charge in [0.2, 0.25) is 5.91 Å². The van der Waals surface area contributed by atoms with Crippen molar-refractivity contribution in [1.82, 2.24) is 14.5 Å². The highest BCUT2D eigenvalue weighted by Crippen LogP contribution is 2.33. The van der Waals surface area contributed by atoms with Gasteiger partial charge >= 0.3 is 0 Å². The Balaban J connectivity index is 1.66. The van der Waals surface area contributed by atoms with Gasteiger partial charge in [0.15, 0.2) is 0 Å². The van der Waals surface area contributed by atoms with Crippen LogP contribution in [-0.2, 0) is 24.2 Å². The van der Waals surface area contributed by atoms with Crippen molar-refractivity contribution in [2.45, 2.75) is 77.4 Å². The largest absolute Gasteiger partial charge is 0.336 e. The predicted molar refractivity (Wildman–Crippen MR) is 100 cm³/mol. The van der Waals surface area contributed by atoms with Crippen molar-refractivity contribution >= 4 is 27.5 Å². The molecule has 2 aromatic rings. The van der Waals surface area contributed by atoms with E-state index in [0.29, 0.717) is 0 Å². The summed E-state index contributed by atoms with van der Waals surface area (Å²) in [5.74, 6) is 0.0343. The van der Waals surface area contributed by atoms with Crippen molar-refractivity contribution in [3.8, 4) is 0 Å². The molecule has 0 N–H and O–H groups in total. The van der Waals surface area contributed by atoms with E-state index >= 15 is 0 Å². The number of hydrogen-bond acceptors (Lipinski definition) is 4. The summed E-state index contributed by atoms with van der Waals surface area (Å²) in [5, 5.41) is 0.759. The van der Waals surface area contributed by atoms with E-state index < -0.39 is 0 Å². The number of carbonyl (C=O) groups is 1. The van der Waals surface area contributed by atoms with E-state index in [1.807, 2.05) is 4.90 Å². The molecule has 2 aromatic heterocycles. The van der Waals surface area contributed by atoms with Gasteiger partial charge in [-0.05, 0) is 64.4 Å². The molecule has 1 aliphatic heterocycles. The summed E-state index contributed by atoms with van der Waals surface area (Å²) >= 11 is 1.65. The zero-order chi connectivity index (χ0) is 17.6. The molecule has 2 atom stereocenters. The molecular weight excluding hydrogens is 334 g/mol. The van der Waals surface area contributed by atoms with Crippen molar-refractivity contribution in [3.05, 3.63) is 27.1 Å². The summed E-state index contributed by atoms with van der Waals surface area (Å²) in [7, 11) is 0. The van der Waals surface area contributed by atoms with E-state index in [4.69, 9.17) is 0 Å². The second-order valence-corrected chi connectivity index (χ2v) is 8.58. The van der Waals surface area contributed by atoms with Gasteiger partial charge in [-0.25, -0.2) is 4.98 Å². The molecule has 2 aliphatic rings. The van der Waals surface area contributed by atoms with Crippen LogP contribution in [0.1, 0.15) is 56.4 Å². The maximum atomic E-state index is 13.0. The minimum atomic E-state index is -0.0462. The van der Waals surface area contributed by atoms with Crippen molar-refractivity contribution in [1.29, 1.82) is 0 Å². The molecule has 0 bridgehead atoms. The molecule has 0 unspecified atom stereocenters. The smallest absolute Gasteiger partial charge is 0.262 e. The van der Waals surface area contributed by atoms with Crippen LogP contribution in [0, 0.1) is 0 Å². The maximum Gasteiger partial charge on any atom is 0.262 e. The molecule has 1 saturated heterocycles. The van der Waals surface area contributed by atoms with Crippen molar-refractivity contribution in [3.63, 3.8) is 0 Å². The Morgan fingerprint density at radius 3 is 2.68 bits per heavy atom. The van der Waals surface area contributed by atoms with Gasteiger partial charge in [0.1, 0.15) is 11.4 Å². The number of carbonyl (C=O) groups excluding carboxylic acids is 1. The molecule has 6 heteroatoms. The third-order valence-electron chi connectivity index (χ3n) is 5.73. The van der Waals surface area contributed by atoms with Crippen molar-refractivity contribution < 1.29 is 4.79 Å². The lowest BCUT2D eigenvalue weighted by Gasteiger charge is -2.39. The normalized spacial score (nSPS) is 23.7. The van der Waals surface area contributed by atoms with E-state index in [0.717, 1.165) is 42.3 Å². The molecular formula is C19H25N3O2S. The number of amides is 1. The Labute approximate surface area is 151 Å². The highest BCUT2D eigenvalue weighted by Gasteiger charge is 2.29. The number of rotatable bonds is 2.